The van der Waals surface area contributed by atoms with Crippen molar-refractivity contribution in [2.45, 2.75) is 25.9 Å². The topological polar surface area (TPSA) is 21.3 Å². The Kier molecular flexibility index (Phi) is 4.77. The highest BCUT2D eigenvalue weighted by molar-refractivity contribution is 5.31. The normalized spacial score (nSPS) is 19.5. The number of benzene rings is 1. The molecule has 2 nitrogen and oxygen atoms in total. The number of fused-ring (bicyclic) bond motifs is 1. The van der Waals surface area contributed by atoms with Gasteiger partial charge in [0.15, 0.2) is 0 Å². The van der Waals surface area contributed by atoms with Gasteiger partial charge in [-0.15, -0.1) is 0 Å². The highest BCUT2D eigenvalue weighted by atomic mass is 16.5. The van der Waals surface area contributed by atoms with Gasteiger partial charge in [-0.25, -0.2) is 0 Å². The van der Waals surface area contributed by atoms with Gasteiger partial charge < -0.3 is 10.1 Å². The summed E-state index contributed by atoms with van der Waals surface area (Å²) in [6.45, 7) is 4.83. The summed E-state index contributed by atoms with van der Waals surface area (Å²) in [5.74, 6) is 0. The quantitative estimate of drug-likeness (QED) is 0.621. The lowest BCUT2D eigenvalue weighted by atomic mass is 9.97. The highest BCUT2D eigenvalue weighted by Gasteiger charge is 2.19. The van der Waals surface area contributed by atoms with Crippen molar-refractivity contribution < 1.29 is 4.74 Å². The summed E-state index contributed by atoms with van der Waals surface area (Å²) in [6, 6.07) is 8.61. The van der Waals surface area contributed by atoms with Crippen molar-refractivity contribution in [2.75, 3.05) is 19.7 Å². The van der Waals surface area contributed by atoms with Gasteiger partial charge in [0, 0.05) is 6.54 Å². The van der Waals surface area contributed by atoms with Crippen LogP contribution < -0.4 is 5.32 Å². The van der Waals surface area contributed by atoms with Crippen LogP contribution in [0, 0.1) is 0 Å². The van der Waals surface area contributed by atoms with Crippen LogP contribution in [0.2, 0.25) is 0 Å². The van der Waals surface area contributed by atoms with Gasteiger partial charge in [0.2, 0.25) is 0 Å². The zero-order valence-corrected chi connectivity index (χ0v) is 10.5. The van der Waals surface area contributed by atoms with E-state index in [0.29, 0.717) is 0 Å². The fourth-order valence-electron chi connectivity index (χ4n) is 2.23. The molecule has 0 bridgehead atoms. The molecule has 1 unspecified atom stereocenters. The van der Waals surface area contributed by atoms with E-state index in [1.807, 2.05) is 0 Å². The first-order valence-corrected chi connectivity index (χ1v) is 6.43. The van der Waals surface area contributed by atoms with Crippen molar-refractivity contribution in [2.24, 2.45) is 0 Å². The summed E-state index contributed by atoms with van der Waals surface area (Å²) in [4.78, 5) is 0. The molecule has 0 radical (unpaired) electrons. The minimum Gasteiger partial charge on any atom is -0.372 e. The van der Waals surface area contributed by atoms with E-state index in [1.165, 1.54) is 11.1 Å². The Morgan fingerprint density at radius 1 is 1.41 bits per heavy atom. The fourth-order valence-corrected chi connectivity index (χ4v) is 2.23. The van der Waals surface area contributed by atoms with E-state index in [9.17, 15) is 0 Å². The fraction of sp³-hybridized carbons (Fsp3) is 0.467. The number of hydrogen-bond donors (Lipinski definition) is 1. The number of ether oxygens (including phenoxy) is 1. The van der Waals surface area contributed by atoms with Gasteiger partial charge in [-0.05, 0) is 37.4 Å². The van der Waals surface area contributed by atoms with E-state index < -0.39 is 0 Å². The summed E-state index contributed by atoms with van der Waals surface area (Å²) in [5, 5.41) is 3.45. The Bertz CT molecular complexity index is 373. The van der Waals surface area contributed by atoms with Crippen LogP contribution in [0.1, 0.15) is 30.6 Å². The molecule has 1 atom stereocenters. The van der Waals surface area contributed by atoms with Crippen molar-refractivity contribution in [3.8, 4) is 0 Å². The molecule has 1 aromatic rings. The Morgan fingerprint density at radius 3 is 3.18 bits per heavy atom. The molecule has 2 heteroatoms. The zero-order valence-electron chi connectivity index (χ0n) is 10.5. The third-order valence-corrected chi connectivity index (χ3v) is 3.15. The highest BCUT2D eigenvalue weighted by Crippen LogP contribution is 2.25. The summed E-state index contributed by atoms with van der Waals surface area (Å²) in [6.07, 6.45) is 6.64. The average molecular weight is 231 g/mol. The van der Waals surface area contributed by atoms with Crippen LogP contribution in [-0.2, 0) is 11.2 Å². The lowest BCUT2D eigenvalue weighted by Gasteiger charge is -2.26. The molecule has 17 heavy (non-hydrogen) atoms. The standard InChI is InChI=1S/C15H21NO/c1-2-3-6-10-16-12-15-14-8-5-4-7-13(14)9-11-17-15/h2-5,7-8,15-16H,6,9-12H2,1H3/b3-2+. The minimum absolute atomic E-state index is 0.227. The number of hydrogen-bond acceptors (Lipinski definition) is 2. The van der Waals surface area contributed by atoms with Gasteiger partial charge >= 0.3 is 0 Å². The van der Waals surface area contributed by atoms with E-state index in [0.717, 1.165) is 32.5 Å². The predicted molar refractivity (Wildman–Crippen MR) is 71.1 cm³/mol. The van der Waals surface area contributed by atoms with E-state index in [2.05, 4.69) is 48.7 Å². The van der Waals surface area contributed by atoms with Crippen molar-refractivity contribution >= 4 is 0 Å². The molecule has 0 saturated heterocycles. The Balaban J connectivity index is 1.86. The van der Waals surface area contributed by atoms with Gasteiger partial charge in [-0.1, -0.05) is 36.4 Å². The summed E-state index contributed by atoms with van der Waals surface area (Å²) in [5.41, 5.74) is 2.80. The second kappa shape index (κ2) is 6.58. The van der Waals surface area contributed by atoms with Crippen LogP contribution in [0.3, 0.4) is 0 Å². The number of nitrogens with one attached hydrogen (secondary N) is 1. The number of rotatable bonds is 5. The molecule has 2 rings (SSSR count). The molecule has 1 aliphatic heterocycles. The van der Waals surface area contributed by atoms with E-state index in [-0.39, 0.29) is 6.10 Å². The molecule has 1 aromatic carbocycles. The van der Waals surface area contributed by atoms with Crippen molar-refractivity contribution in [1.82, 2.24) is 5.32 Å². The second-order valence-electron chi connectivity index (χ2n) is 4.37. The van der Waals surface area contributed by atoms with Crippen molar-refractivity contribution in [3.05, 3.63) is 47.5 Å². The molecule has 0 aromatic heterocycles. The molecular weight excluding hydrogens is 210 g/mol. The molecule has 0 amide bonds. The second-order valence-corrected chi connectivity index (χ2v) is 4.37. The third kappa shape index (κ3) is 3.42. The van der Waals surface area contributed by atoms with Crippen LogP contribution in [0.4, 0.5) is 0 Å². The smallest absolute Gasteiger partial charge is 0.0952 e. The molecule has 0 aliphatic carbocycles. The van der Waals surface area contributed by atoms with E-state index in [4.69, 9.17) is 4.74 Å². The van der Waals surface area contributed by atoms with Crippen LogP contribution in [0.5, 0.6) is 0 Å². The lowest BCUT2D eigenvalue weighted by molar-refractivity contribution is 0.0427. The van der Waals surface area contributed by atoms with Crippen molar-refractivity contribution in [3.63, 3.8) is 0 Å². The predicted octanol–water partition coefficient (Wildman–Crippen LogP) is 2.86. The molecule has 0 saturated carbocycles. The van der Waals surface area contributed by atoms with Gasteiger partial charge in [0.25, 0.3) is 0 Å². The van der Waals surface area contributed by atoms with Crippen LogP contribution in [0.15, 0.2) is 36.4 Å². The van der Waals surface area contributed by atoms with Crippen molar-refractivity contribution in [1.29, 1.82) is 0 Å². The first-order valence-electron chi connectivity index (χ1n) is 6.43. The maximum atomic E-state index is 5.83. The van der Waals surface area contributed by atoms with Gasteiger partial charge in [0.1, 0.15) is 0 Å². The van der Waals surface area contributed by atoms with E-state index in [1.54, 1.807) is 0 Å². The Labute approximate surface area is 104 Å². The van der Waals surface area contributed by atoms with Gasteiger partial charge in [0.05, 0.1) is 12.7 Å². The maximum Gasteiger partial charge on any atom is 0.0952 e. The third-order valence-electron chi connectivity index (χ3n) is 3.15. The average Bonchev–Trinajstić information content (AvgIpc) is 2.39. The molecular formula is C15H21NO. The summed E-state index contributed by atoms with van der Waals surface area (Å²) < 4.78 is 5.83. The molecule has 1 N–H and O–H groups in total. The largest absolute Gasteiger partial charge is 0.372 e. The zero-order chi connectivity index (χ0) is 11.9. The number of allylic oxidation sites excluding steroid dienone is 1. The molecule has 0 spiro atoms. The summed E-state index contributed by atoms with van der Waals surface area (Å²) in [7, 11) is 0. The molecule has 1 heterocycles. The lowest BCUT2D eigenvalue weighted by Crippen LogP contribution is -2.28. The van der Waals surface area contributed by atoms with Crippen LogP contribution in [0.25, 0.3) is 0 Å². The Morgan fingerprint density at radius 2 is 2.29 bits per heavy atom. The van der Waals surface area contributed by atoms with Gasteiger partial charge in [-0.3, -0.25) is 0 Å². The van der Waals surface area contributed by atoms with Crippen LogP contribution >= 0.6 is 0 Å². The molecule has 92 valence electrons. The monoisotopic (exact) mass is 231 g/mol. The first kappa shape index (κ1) is 12.3. The minimum atomic E-state index is 0.227. The van der Waals surface area contributed by atoms with E-state index >= 15 is 0 Å². The van der Waals surface area contributed by atoms with Crippen LogP contribution in [-0.4, -0.2) is 19.7 Å². The van der Waals surface area contributed by atoms with Gasteiger partial charge in [-0.2, -0.15) is 0 Å². The molecule has 1 aliphatic rings. The molecule has 0 fully saturated rings. The maximum absolute atomic E-state index is 5.83. The Hall–Kier alpha value is -1.12. The summed E-state index contributed by atoms with van der Waals surface area (Å²) >= 11 is 0. The first-order chi connectivity index (χ1) is 8.42. The SMILES string of the molecule is C/C=C/CCNCC1OCCc2ccccc21.